The van der Waals surface area contributed by atoms with Gasteiger partial charge in [0.1, 0.15) is 30.6 Å². The number of hydrogen-bond acceptors (Lipinski definition) is 10. The minimum Gasteiger partial charge on any atom is -0.460 e. The molecule has 1 N–H and O–H groups in total. The van der Waals surface area contributed by atoms with Crippen LogP contribution in [0, 0.1) is 23.0 Å². The molecular weight excluding hydrogens is 691 g/mol. The van der Waals surface area contributed by atoms with Gasteiger partial charge in [-0.2, -0.15) is 9.83 Å². The van der Waals surface area contributed by atoms with E-state index >= 15 is 4.39 Å². The number of esters is 1. The van der Waals surface area contributed by atoms with E-state index in [1.54, 1.807) is 53.8 Å². The Bertz CT molecular complexity index is 2000. The van der Waals surface area contributed by atoms with E-state index in [0.29, 0.717) is 21.8 Å². The molecule has 15 heteroatoms. The third-order valence-electron chi connectivity index (χ3n) is 8.03. The minimum atomic E-state index is -0.810. The number of likely N-dealkylation sites (N-methyl/N-ethyl adjacent to an activating group) is 1. The average Bonchev–Trinajstić information content (AvgIpc) is 3.86. The number of thiazole rings is 1. The molecule has 3 atom stereocenters. The molecular formula is C37H41F2N8O4S+. The number of halogens is 2. The monoisotopic (exact) mass is 731 g/mol. The number of nitriles is 1. The molecule has 0 aliphatic heterocycles. The van der Waals surface area contributed by atoms with Crippen LogP contribution in [0.5, 0.6) is 0 Å². The Kier molecular flexibility index (Phi) is 14.0. The van der Waals surface area contributed by atoms with Gasteiger partial charge < -0.3 is 14.8 Å². The first kappa shape index (κ1) is 39.2. The van der Waals surface area contributed by atoms with Crippen molar-refractivity contribution in [3.05, 3.63) is 112 Å². The molecule has 3 aromatic heterocycles. The van der Waals surface area contributed by atoms with E-state index in [-0.39, 0.29) is 37.0 Å². The lowest BCUT2D eigenvalue weighted by Gasteiger charge is -2.22. The molecule has 3 unspecified atom stereocenters. The molecule has 52 heavy (non-hydrogen) atoms. The number of benzene rings is 2. The zero-order valence-corrected chi connectivity index (χ0v) is 30.6. The van der Waals surface area contributed by atoms with Crippen molar-refractivity contribution in [1.29, 1.82) is 5.26 Å². The summed E-state index contributed by atoms with van der Waals surface area (Å²) in [6.07, 6.45) is 3.08. The van der Waals surface area contributed by atoms with E-state index in [4.69, 9.17) is 19.7 Å². The van der Waals surface area contributed by atoms with Crippen LogP contribution in [-0.4, -0.2) is 52.5 Å². The standard InChI is InChI=1S/C35H35F2N8O4S.C2H6/c1-22(34-42-31(19-50-34)25-9-7-24(15-38)8-10-25)29(28-14-27(36)11-12-30(28)37)17-45-21-44(20-41-45)23(2)49-35(47)43(4)33-26(6-5-13-40-33)18-48-32(46)16-39-3;1-2/h5-14,19-23,29,39H,16-18H2,1-4H3;1-2H3/q+1;. The summed E-state index contributed by atoms with van der Waals surface area (Å²) in [6.45, 7) is 7.68. The number of nitrogens with zero attached hydrogens (tertiary/aromatic N) is 7. The number of ether oxygens (including phenoxy) is 2. The number of carbonyl (C=O) groups excluding carboxylic acids is 2. The van der Waals surface area contributed by atoms with Gasteiger partial charge in [0.25, 0.3) is 6.33 Å². The number of anilines is 1. The zero-order chi connectivity index (χ0) is 37.8. The van der Waals surface area contributed by atoms with E-state index in [9.17, 15) is 14.0 Å². The Morgan fingerprint density at radius 2 is 1.88 bits per heavy atom. The molecule has 0 aliphatic carbocycles. The summed E-state index contributed by atoms with van der Waals surface area (Å²) in [7, 11) is 3.13. The van der Waals surface area contributed by atoms with Gasteiger partial charge in [-0.1, -0.05) is 39.0 Å². The maximum atomic E-state index is 15.2. The molecule has 3 heterocycles. The zero-order valence-electron chi connectivity index (χ0n) is 29.8. The third kappa shape index (κ3) is 9.80. The molecule has 2 aromatic carbocycles. The SMILES string of the molecule is CC.CNCC(=O)OCc1cccnc1N(C)C(=O)OC(C)[n+]1cnn(CC(c2cc(F)ccc2F)C(C)c2nc(-c3ccc(C#N)cc3)cs2)c1. The number of hydrogen-bond donors (Lipinski definition) is 1. The molecule has 0 aliphatic rings. The van der Waals surface area contributed by atoms with Crippen molar-refractivity contribution in [2.45, 2.75) is 58.9 Å². The highest BCUT2D eigenvalue weighted by Crippen LogP contribution is 2.38. The third-order valence-corrected chi connectivity index (χ3v) is 9.07. The largest absolute Gasteiger partial charge is 0.460 e. The Morgan fingerprint density at radius 3 is 2.60 bits per heavy atom. The highest BCUT2D eigenvalue weighted by atomic mass is 32.1. The molecule has 0 spiro atoms. The smallest absolute Gasteiger partial charge is 0.418 e. The average molecular weight is 732 g/mol. The van der Waals surface area contributed by atoms with Gasteiger partial charge in [-0.25, -0.2) is 23.5 Å². The number of carbonyl (C=O) groups is 2. The first-order valence-electron chi connectivity index (χ1n) is 16.6. The quantitative estimate of drug-likeness (QED) is 0.106. The Balaban J connectivity index is 0.00000297. The fourth-order valence-electron chi connectivity index (χ4n) is 5.24. The summed E-state index contributed by atoms with van der Waals surface area (Å²) in [5, 5.41) is 18.9. The Hall–Kier alpha value is -5.59. The van der Waals surface area contributed by atoms with E-state index in [1.807, 2.05) is 38.3 Å². The predicted octanol–water partition coefficient (Wildman–Crippen LogP) is 6.51. The minimum absolute atomic E-state index is 0.0402. The molecule has 5 rings (SSSR count). The van der Waals surface area contributed by atoms with Crippen LogP contribution in [0.4, 0.5) is 19.4 Å². The van der Waals surface area contributed by atoms with E-state index in [2.05, 4.69) is 21.5 Å². The highest BCUT2D eigenvalue weighted by Gasteiger charge is 2.30. The highest BCUT2D eigenvalue weighted by molar-refractivity contribution is 7.10. The van der Waals surface area contributed by atoms with Gasteiger partial charge in [-0.05, 0) is 49.0 Å². The number of amides is 1. The summed E-state index contributed by atoms with van der Waals surface area (Å²) >= 11 is 1.41. The number of aromatic nitrogens is 5. The van der Waals surface area contributed by atoms with Crippen molar-refractivity contribution in [3.63, 3.8) is 0 Å². The lowest BCUT2D eigenvalue weighted by Crippen LogP contribution is -2.41. The lowest BCUT2D eigenvalue weighted by atomic mass is 9.87. The predicted molar refractivity (Wildman–Crippen MR) is 191 cm³/mol. The van der Waals surface area contributed by atoms with Crippen LogP contribution in [0.25, 0.3) is 11.3 Å². The fraction of sp³-hybridized carbons (Fsp3) is 0.324. The maximum absolute atomic E-state index is 15.2. The molecule has 0 saturated heterocycles. The lowest BCUT2D eigenvalue weighted by molar-refractivity contribution is -0.753. The molecule has 272 valence electrons. The summed E-state index contributed by atoms with van der Waals surface area (Å²) in [5.41, 5.74) is 2.78. The number of pyridine rings is 1. The van der Waals surface area contributed by atoms with E-state index < -0.39 is 35.8 Å². The second kappa shape index (κ2) is 18.6. The van der Waals surface area contributed by atoms with Gasteiger partial charge in [0.15, 0.2) is 0 Å². The number of rotatable bonds is 13. The summed E-state index contributed by atoms with van der Waals surface area (Å²) in [4.78, 5) is 35.3. The van der Waals surface area contributed by atoms with Crippen LogP contribution in [0.2, 0.25) is 0 Å². The maximum Gasteiger partial charge on any atom is 0.418 e. The molecule has 5 aromatic rings. The second-order valence-electron chi connectivity index (χ2n) is 11.5. The van der Waals surface area contributed by atoms with Crippen molar-refractivity contribution < 1.29 is 32.4 Å². The molecule has 12 nitrogen and oxygen atoms in total. The topological polar surface area (TPSA) is 139 Å². The summed E-state index contributed by atoms with van der Waals surface area (Å²) in [6, 6.07) is 15.9. The van der Waals surface area contributed by atoms with Crippen molar-refractivity contribution >= 4 is 29.2 Å². The second-order valence-corrected chi connectivity index (χ2v) is 12.3. The van der Waals surface area contributed by atoms with Gasteiger partial charge >= 0.3 is 12.1 Å². The Morgan fingerprint density at radius 1 is 1.13 bits per heavy atom. The van der Waals surface area contributed by atoms with Crippen LogP contribution >= 0.6 is 11.3 Å². The van der Waals surface area contributed by atoms with Crippen molar-refractivity contribution in [3.8, 4) is 17.3 Å². The van der Waals surface area contributed by atoms with Crippen molar-refractivity contribution in [1.82, 2.24) is 25.1 Å². The van der Waals surface area contributed by atoms with E-state index in [1.165, 1.54) is 41.9 Å². The molecule has 0 fully saturated rings. The molecule has 0 saturated carbocycles. The first-order valence-corrected chi connectivity index (χ1v) is 17.5. The molecule has 0 radical (unpaired) electrons. The van der Waals surface area contributed by atoms with Crippen molar-refractivity contribution in [2.75, 3.05) is 25.5 Å². The van der Waals surface area contributed by atoms with Gasteiger partial charge in [-0.15, -0.1) is 16.0 Å². The first-order chi connectivity index (χ1) is 25.1. The Labute approximate surface area is 305 Å². The van der Waals surface area contributed by atoms with Crippen molar-refractivity contribution in [2.24, 2.45) is 0 Å². The fourth-order valence-corrected chi connectivity index (χ4v) is 6.19. The summed E-state index contributed by atoms with van der Waals surface area (Å²) in [5.74, 6) is -2.23. The van der Waals surface area contributed by atoms with Gasteiger partial charge in [0, 0.05) is 53.6 Å². The van der Waals surface area contributed by atoms with Gasteiger partial charge in [0.2, 0.25) is 12.6 Å². The van der Waals surface area contributed by atoms with E-state index in [0.717, 1.165) is 17.7 Å². The number of nitrogens with one attached hydrogen (secondary N) is 1. The van der Waals surface area contributed by atoms with Crippen LogP contribution < -0.4 is 14.8 Å². The van der Waals surface area contributed by atoms with Crippen LogP contribution in [0.1, 0.15) is 67.5 Å². The normalized spacial score (nSPS) is 12.4. The van der Waals surface area contributed by atoms with Gasteiger partial charge in [0.05, 0.1) is 28.9 Å². The molecule has 1 amide bonds. The molecule has 0 bridgehead atoms. The van der Waals surface area contributed by atoms with Crippen LogP contribution in [-0.2, 0) is 27.4 Å². The summed E-state index contributed by atoms with van der Waals surface area (Å²) < 4.78 is 43.8. The van der Waals surface area contributed by atoms with Crippen LogP contribution in [0.15, 0.2) is 78.8 Å². The van der Waals surface area contributed by atoms with Gasteiger partial charge in [-0.3, -0.25) is 9.69 Å². The van der Waals surface area contributed by atoms with Crippen LogP contribution in [0.3, 0.4) is 0 Å².